The van der Waals surface area contributed by atoms with Crippen LogP contribution in [0.3, 0.4) is 0 Å². The Morgan fingerprint density at radius 1 is 1.48 bits per heavy atom. The van der Waals surface area contributed by atoms with Gasteiger partial charge >= 0.3 is 0 Å². The number of hydrogen-bond acceptors (Lipinski definition) is 3. The molecule has 1 heterocycles. The molecular formula is C18H27N3OS. The minimum absolute atomic E-state index is 0.512. The summed E-state index contributed by atoms with van der Waals surface area (Å²) in [5.74, 6) is 4.20. The lowest BCUT2D eigenvalue weighted by Gasteiger charge is -2.24. The molecular weight excluding hydrogens is 306 g/mol. The zero-order valence-electron chi connectivity index (χ0n) is 13.9. The molecule has 2 rings (SSSR count). The second-order valence-corrected chi connectivity index (χ2v) is 6.61. The maximum absolute atomic E-state index is 5.70. The molecule has 0 saturated carbocycles. The van der Waals surface area contributed by atoms with Gasteiger partial charge in [0.2, 0.25) is 0 Å². The molecule has 0 spiro atoms. The van der Waals surface area contributed by atoms with Crippen LogP contribution in [0.2, 0.25) is 0 Å². The van der Waals surface area contributed by atoms with E-state index in [1.807, 2.05) is 30.0 Å². The Kier molecular flexibility index (Phi) is 7.87. The molecule has 1 saturated heterocycles. The molecule has 1 aliphatic heterocycles. The van der Waals surface area contributed by atoms with E-state index in [1.165, 1.54) is 18.6 Å². The summed E-state index contributed by atoms with van der Waals surface area (Å²) in [6, 6.07) is 8.55. The molecule has 0 radical (unpaired) electrons. The SMILES string of the molecule is C=CCOc1ccccc1CN=C(NCC)NC1CCCSC1. The second kappa shape index (κ2) is 10.2. The van der Waals surface area contributed by atoms with Crippen LogP contribution in [-0.2, 0) is 6.54 Å². The third-order valence-electron chi connectivity index (χ3n) is 3.58. The summed E-state index contributed by atoms with van der Waals surface area (Å²) in [6.45, 7) is 7.76. The normalized spacial score (nSPS) is 18.3. The Morgan fingerprint density at radius 3 is 3.09 bits per heavy atom. The minimum atomic E-state index is 0.512. The highest BCUT2D eigenvalue weighted by Crippen LogP contribution is 2.19. The summed E-state index contributed by atoms with van der Waals surface area (Å²) in [6.07, 6.45) is 4.25. The average Bonchev–Trinajstić information content (AvgIpc) is 2.59. The largest absolute Gasteiger partial charge is 0.489 e. The van der Waals surface area contributed by atoms with Gasteiger partial charge in [-0.25, -0.2) is 4.99 Å². The fourth-order valence-electron chi connectivity index (χ4n) is 2.46. The number of thioether (sulfide) groups is 1. The first-order valence-corrected chi connectivity index (χ1v) is 9.43. The van der Waals surface area contributed by atoms with E-state index < -0.39 is 0 Å². The van der Waals surface area contributed by atoms with E-state index in [0.29, 0.717) is 19.2 Å². The average molecular weight is 334 g/mol. The van der Waals surface area contributed by atoms with E-state index in [0.717, 1.165) is 29.6 Å². The summed E-state index contributed by atoms with van der Waals surface area (Å²) < 4.78 is 5.70. The van der Waals surface area contributed by atoms with Gasteiger partial charge in [0.1, 0.15) is 12.4 Å². The van der Waals surface area contributed by atoms with Gasteiger partial charge in [-0.3, -0.25) is 0 Å². The highest BCUT2D eigenvalue weighted by Gasteiger charge is 2.14. The summed E-state index contributed by atoms with van der Waals surface area (Å²) in [7, 11) is 0. The molecule has 1 fully saturated rings. The number of hydrogen-bond donors (Lipinski definition) is 2. The predicted octanol–water partition coefficient (Wildman–Crippen LogP) is 3.20. The standard InChI is InChI=1S/C18H27N3OS/c1-3-11-22-17-10-6-5-8-15(17)13-20-18(19-4-2)21-16-9-7-12-23-14-16/h3,5-6,8,10,16H,1,4,7,9,11-14H2,2H3,(H2,19,20,21). The van der Waals surface area contributed by atoms with Crippen molar-refractivity contribution < 1.29 is 4.74 Å². The van der Waals surface area contributed by atoms with E-state index in [4.69, 9.17) is 9.73 Å². The third kappa shape index (κ3) is 6.18. The number of para-hydroxylation sites is 1. The first-order valence-electron chi connectivity index (χ1n) is 8.27. The highest BCUT2D eigenvalue weighted by atomic mass is 32.2. The van der Waals surface area contributed by atoms with Gasteiger partial charge in [-0.15, -0.1) is 0 Å². The molecule has 1 aliphatic rings. The van der Waals surface area contributed by atoms with Crippen LogP contribution < -0.4 is 15.4 Å². The van der Waals surface area contributed by atoms with Crippen LogP contribution in [0.5, 0.6) is 5.75 Å². The molecule has 1 aromatic rings. The lowest BCUT2D eigenvalue weighted by atomic mass is 10.2. The molecule has 5 heteroatoms. The topological polar surface area (TPSA) is 45.6 Å². The van der Waals surface area contributed by atoms with Crippen LogP contribution in [-0.4, -0.2) is 36.7 Å². The van der Waals surface area contributed by atoms with Crippen molar-refractivity contribution in [1.29, 1.82) is 0 Å². The van der Waals surface area contributed by atoms with Gasteiger partial charge in [0.05, 0.1) is 6.54 Å². The van der Waals surface area contributed by atoms with Gasteiger partial charge in [-0.05, 0) is 31.6 Å². The van der Waals surface area contributed by atoms with E-state index in [1.54, 1.807) is 6.08 Å². The van der Waals surface area contributed by atoms with Gasteiger partial charge in [0.15, 0.2) is 5.96 Å². The maximum Gasteiger partial charge on any atom is 0.191 e. The molecule has 0 bridgehead atoms. The number of nitrogens with zero attached hydrogens (tertiary/aromatic N) is 1. The van der Waals surface area contributed by atoms with E-state index in [2.05, 4.69) is 30.2 Å². The van der Waals surface area contributed by atoms with Gasteiger partial charge in [0, 0.05) is 23.9 Å². The van der Waals surface area contributed by atoms with Crippen molar-refractivity contribution in [1.82, 2.24) is 10.6 Å². The number of aliphatic imine (C=N–C) groups is 1. The first-order chi connectivity index (χ1) is 11.3. The predicted molar refractivity (Wildman–Crippen MR) is 100 cm³/mol. The molecule has 2 N–H and O–H groups in total. The van der Waals surface area contributed by atoms with Crippen LogP contribution in [0, 0.1) is 0 Å². The number of ether oxygens (including phenoxy) is 1. The fraction of sp³-hybridized carbons (Fsp3) is 0.500. The lowest BCUT2D eigenvalue weighted by Crippen LogP contribution is -2.45. The molecule has 23 heavy (non-hydrogen) atoms. The minimum Gasteiger partial charge on any atom is -0.489 e. The van der Waals surface area contributed by atoms with Crippen LogP contribution in [0.25, 0.3) is 0 Å². The molecule has 0 aromatic heterocycles. The van der Waals surface area contributed by atoms with Crippen molar-refractivity contribution in [2.75, 3.05) is 24.7 Å². The second-order valence-electron chi connectivity index (χ2n) is 5.46. The first kappa shape index (κ1) is 17.7. The zero-order chi connectivity index (χ0) is 16.3. The van der Waals surface area contributed by atoms with E-state index in [-0.39, 0.29) is 0 Å². The van der Waals surface area contributed by atoms with Crippen molar-refractivity contribution in [2.45, 2.75) is 32.4 Å². The molecule has 0 aliphatic carbocycles. The van der Waals surface area contributed by atoms with Crippen molar-refractivity contribution in [3.8, 4) is 5.75 Å². The van der Waals surface area contributed by atoms with E-state index in [9.17, 15) is 0 Å². The molecule has 4 nitrogen and oxygen atoms in total. The molecule has 1 unspecified atom stereocenters. The molecule has 1 aromatic carbocycles. The number of nitrogens with one attached hydrogen (secondary N) is 2. The van der Waals surface area contributed by atoms with Crippen molar-refractivity contribution in [3.05, 3.63) is 42.5 Å². The quantitative estimate of drug-likeness (QED) is 0.457. The summed E-state index contributed by atoms with van der Waals surface area (Å²) >= 11 is 2.01. The smallest absolute Gasteiger partial charge is 0.191 e. The van der Waals surface area contributed by atoms with Crippen LogP contribution in [0.1, 0.15) is 25.3 Å². The third-order valence-corrected chi connectivity index (χ3v) is 4.80. The summed E-state index contributed by atoms with van der Waals surface area (Å²) in [5, 5.41) is 6.89. The lowest BCUT2D eigenvalue weighted by molar-refractivity contribution is 0.359. The van der Waals surface area contributed by atoms with E-state index >= 15 is 0 Å². The van der Waals surface area contributed by atoms with Gasteiger partial charge in [-0.2, -0.15) is 11.8 Å². The Bertz CT molecular complexity index is 513. The molecule has 0 amide bonds. The molecule has 126 valence electrons. The van der Waals surface area contributed by atoms with Crippen LogP contribution in [0.4, 0.5) is 0 Å². The Labute approximate surface area is 143 Å². The summed E-state index contributed by atoms with van der Waals surface area (Å²) in [4.78, 5) is 4.73. The van der Waals surface area contributed by atoms with Gasteiger partial charge in [-0.1, -0.05) is 30.9 Å². The maximum atomic E-state index is 5.70. The highest BCUT2D eigenvalue weighted by molar-refractivity contribution is 7.99. The van der Waals surface area contributed by atoms with Crippen molar-refractivity contribution >= 4 is 17.7 Å². The zero-order valence-corrected chi connectivity index (χ0v) is 14.7. The summed E-state index contributed by atoms with van der Waals surface area (Å²) in [5.41, 5.74) is 1.09. The molecule has 1 atom stereocenters. The monoisotopic (exact) mass is 333 g/mol. The Morgan fingerprint density at radius 2 is 2.35 bits per heavy atom. The Balaban J connectivity index is 2.00. The number of rotatable bonds is 7. The Hall–Kier alpha value is -1.62. The van der Waals surface area contributed by atoms with Gasteiger partial charge in [0.25, 0.3) is 0 Å². The van der Waals surface area contributed by atoms with Gasteiger partial charge < -0.3 is 15.4 Å². The van der Waals surface area contributed by atoms with Crippen molar-refractivity contribution in [3.63, 3.8) is 0 Å². The fourth-order valence-corrected chi connectivity index (χ4v) is 3.53. The number of guanidine groups is 1. The van der Waals surface area contributed by atoms with Crippen LogP contribution >= 0.6 is 11.8 Å². The van der Waals surface area contributed by atoms with Crippen molar-refractivity contribution in [2.24, 2.45) is 4.99 Å². The number of benzene rings is 1. The van der Waals surface area contributed by atoms with Crippen LogP contribution in [0.15, 0.2) is 41.9 Å².